The summed E-state index contributed by atoms with van der Waals surface area (Å²) in [6.45, 7) is 4.25. The summed E-state index contributed by atoms with van der Waals surface area (Å²) in [5.41, 5.74) is 0.141. The summed E-state index contributed by atoms with van der Waals surface area (Å²) in [5.74, 6) is 1.29. The minimum atomic E-state index is -0.852. The topological polar surface area (TPSA) is 55.6 Å². The maximum absolute atomic E-state index is 12.7. The predicted octanol–water partition coefficient (Wildman–Crippen LogP) is 4.01. The molecule has 1 aromatic carbocycles. The van der Waals surface area contributed by atoms with Gasteiger partial charge in [-0.05, 0) is 38.3 Å². The number of aromatic nitrogens is 1. The molecule has 25 heavy (non-hydrogen) atoms. The Bertz CT molecular complexity index is 757. The zero-order valence-electron chi connectivity index (χ0n) is 14.8. The van der Waals surface area contributed by atoms with Gasteiger partial charge in [-0.2, -0.15) is 0 Å². The molecule has 1 fully saturated rings. The highest BCUT2D eigenvalue weighted by Gasteiger charge is 2.40. The molecule has 134 valence electrons. The molecular weight excluding hydrogens is 340 g/mol. The summed E-state index contributed by atoms with van der Waals surface area (Å²) in [6.07, 6.45) is 4.08. The average molecular weight is 363 g/mol. The van der Waals surface area contributed by atoms with Crippen LogP contribution in [-0.2, 0) is 16.0 Å². The quantitative estimate of drug-likeness (QED) is 0.806. The number of amides is 1. The van der Waals surface area contributed by atoms with E-state index in [9.17, 15) is 4.79 Å². The second-order valence-corrected chi connectivity index (χ2v) is 7.21. The lowest BCUT2D eigenvalue weighted by Gasteiger charge is -2.30. The Morgan fingerprint density at radius 1 is 1.44 bits per heavy atom. The van der Waals surface area contributed by atoms with E-state index in [1.807, 2.05) is 29.2 Å². The fourth-order valence-electron chi connectivity index (χ4n) is 3.09. The van der Waals surface area contributed by atoms with Crippen LogP contribution in [0.15, 0.2) is 34.9 Å². The van der Waals surface area contributed by atoms with Gasteiger partial charge in [-0.1, -0.05) is 29.8 Å². The monoisotopic (exact) mass is 362 g/mol. The van der Waals surface area contributed by atoms with Crippen molar-refractivity contribution in [3.8, 4) is 0 Å². The van der Waals surface area contributed by atoms with Gasteiger partial charge in [0, 0.05) is 25.1 Å². The second-order valence-electron chi connectivity index (χ2n) is 6.80. The lowest BCUT2D eigenvalue weighted by molar-refractivity contribution is -0.152. The van der Waals surface area contributed by atoms with Crippen LogP contribution in [0.4, 0.5) is 0 Å². The van der Waals surface area contributed by atoms with E-state index in [0.29, 0.717) is 23.9 Å². The van der Waals surface area contributed by atoms with E-state index in [1.165, 1.54) is 0 Å². The summed E-state index contributed by atoms with van der Waals surface area (Å²) in [4.78, 5) is 19.0. The smallest absolute Gasteiger partial charge is 0.254 e. The lowest BCUT2D eigenvalue weighted by atomic mass is 10.1. The van der Waals surface area contributed by atoms with Crippen molar-refractivity contribution in [1.82, 2.24) is 9.88 Å². The summed E-state index contributed by atoms with van der Waals surface area (Å²) in [7, 11) is 1.55. The molecule has 0 aliphatic carbocycles. The highest BCUT2D eigenvalue weighted by Crippen LogP contribution is 2.34. The molecule has 1 saturated heterocycles. The largest absolute Gasteiger partial charge is 0.443 e. The number of carbonyl (C=O) groups is 1. The summed E-state index contributed by atoms with van der Waals surface area (Å²) in [5, 5.41) is 0.708. The fourth-order valence-corrected chi connectivity index (χ4v) is 3.29. The molecular formula is C19H23ClN2O3. The van der Waals surface area contributed by atoms with Crippen LogP contribution in [0.5, 0.6) is 0 Å². The van der Waals surface area contributed by atoms with Crippen molar-refractivity contribution in [2.24, 2.45) is 0 Å². The Hall–Kier alpha value is -1.85. The molecule has 0 N–H and O–H groups in total. The van der Waals surface area contributed by atoms with Crippen molar-refractivity contribution in [1.29, 1.82) is 0 Å². The first-order valence-electron chi connectivity index (χ1n) is 8.46. The summed E-state index contributed by atoms with van der Waals surface area (Å²) in [6, 6.07) is 7.54. The standard InChI is InChI=1S/C19H23ClN2O3/c1-19(2,24-3)18(23)22-10-6-9-16(22)17-21-12-14(25-17)11-13-7-4-5-8-15(13)20/h4-5,7-8,12,16H,6,9-11H2,1-3H3/t16-/m0/s1. The van der Waals surface area contributed by atoms with Gasteiger partial charge in [0.2, 0.25) is 5.89 Å². The van der Waals surface area contributed by atoms with Gasteiger partial charge in [-0.25, -0.2) is 4.98 Å². The Morgan fingerprint density at radius 3 is 2.92 bits per heavy atom. The molecule has 3 rings (SSSR count). The van der Waals surface area contributed by atoms with Gasteiger partial charge < -0.3 is 14.1 Å². The van der Waals surface area contributed by atoms with Crippen LogP contribution >= 0.6 is 11.6 Å². The van der Waals surface area contributed by atoms with Crippen molar-refractivity contribution in [3.05, 3.63) is 52.7 Å². The van der Waals surface area contributed by atoms with Crippen LogP contribution < -0.4 is 0 Å². The van der Waals surface area contributed by atoms with Crippen LogP contribution in [-0.4, -0.2) is 35.0 Å². The molecule has 0 radical (unpaired) electrons. The van der Waals surface area contributed by atoms with Crippen LogP contribution in [0.25, 0.3) is 0 Å². The predicted molar refractivity (Wildman–Crippen MR) is 95.5 cm³/mol. The third kappa shape index (κ3) is 3.72. The minimum absolute atomic E-state index is 0.0386. The van der Waals surface area contributed by atoms with E-state index >= 15 is 0 Å². The molecule has 1 aromatic heterocycles. The Kier molecular flexibility index (Phi) is 5.16. The van der Waals surface area contributed by atoms with Crippen molar-refractivity contribution >= 4 is 17.5 Å². The number of halogens is 1. The molecule has 0 unspecified atom stereocenters. The van der Waals surface area contributed by atoms with Crippen molar-refractivity contribution in [3.63, 3.8) is 0 Å². The van der Waals surface area contributed by atoms with Gasteiger partial charge in [0.25, 0.3) is 5.91 Å². The van der Waals surface area contributed by atoms with Gasteiger partial charge in [0.15, 0.2) is 0 Å². The van der Waals surface area contributed by atoms with E-state index in [2.05, 4.69) is 4.98 Å². The van der Waals surface area contributed by atoms with Crippen LogP contribution in [0, 0.1) is 0 Å². The molecule has 1 aliphatic heterocycles. The molecule has 1 amide bonds. The number of rotatable bonds is 5. The van der Waals surface area contributed by atoms with Gasteiger partial charge in [0.1, 0.15) is 17.4 Å². The zero-order chi connectivity index (χ0) is 18.0. The third-order valence-corrected chi connectivity index (χ3v) is 5.09. The molecule has 1 aliphatic rings. The normalized spacial score (nSPS) is 17.9. The van der Waals surface area contributed by atoms with Crippen molar-refractivity contribution in [2.45, 2.75) is 44.8 Å². The zero-order valence-corrected chi connectivity index (χ0v) is 15.5. The van der Waals surface area contributed by atoms with Crippen molar-refractivity contribution < 1.29 is 13.9 Å². The number of likely N-dealkylation sites (tertiary alicyclic amines) is 1. The summed E-state index contributed by atoms with van der Waals surface area (Å²) < 4.78 is 11.3. The van der Waals surface area contributed by atoms with E-state index in [1.54, 1.807) is 27.2 Å². The molecule has 0 spiro atoms. The van der Waals surface area contributed by atoms with Crippen LogP contribution in [0.3, 0.4) is 0 Å². The fraction of sp³-hybridized carbons (Fsp3) is 0.474. The maximum Gasteiger partial charge on any atom is 0.254 e. The van der Waals surface area contributed by atoms with E-state index < -0.39 is 5.60 Å². The molecule has 0 saturated carbocycles. The average Bonchev–Trinajstić information content (AvgIpc) is 3.25. The molecule has 5 nitrogen and oxygen atoms in total. The molecule has 2 heterocycles. The van der Waals surface area contributed by atoms with E-state index in [-0.39, 0.29) is 11.9 Å². The van der Waals surface area contributed by atoms with E-state index in [0.717, 1.165) is 24.2 Å². The van der Waals surface area contributed by atoms with Crippen LogP contribution in [0.2, 0.25) is 5.02 Å². The third-order valence-electron chi connectivity index (χ3n) is 4.72. The Balaban J connectivity index is 1.77. The number of methoxy groups -OCH3 is 1. The second kappa shape index (κ2) is 7.18. The summed E-state index contributed by atoms with van der Waals surface area (Å²) >= 11 is 6.21. The highest BCUT2D eigenvalue weighted by molar-refractivity contribution is 6.31. The number of hydrogen-bond acceptors (Lipinski definition) is 4. The number of carbonyl (C=O) groups excluding carboxylic acids is 1. The first-order valence-corrected chi connectivity index (χ1v) is 8.84. The maximum atomic E-state index is 12.7. The van der Waals surface area contributed by atoms with Crippen LogP contribution in [0.1, 0.15) is 49.9 Å². The van der Waals surface area contributed by atoms with Gasteiger partial charge in [-0.15, -0.1) is 0 Å². The van der Waals surface area contributed by atoms with Crippen molar-refractivity contribution in [2.75, 3.05) is 13.7 Å². The minimum Gasteiger partial charge on any atom is -0.443 e. The number of hydrogen-bond donors (Lipinski definition) is 0. The molecule has 0 bridgehead atoms. The molecule has 6 heteroatoms. The highest BCUT2D eigenvalue weighted by atomic mass is 35.5. The van der Waals surface area contributed by atoms with Gasteiger partial charge >= 0.3 is 0 Å². The Labute approximate surface area is 152 Å². The molecule has 2 aromatic rings. The lowest BCUT2D eigenvalue weighted by Crippen LogP contribution is -2.46. The molecule has 1 atom stereocenters. The number of oxazole rings is 1. The SMILES string of the molecule is COC(C)(C)C(=O)N1CCC[C@H]1c1ncc(Cc2ccccc2Cl)o1. The van der Waals surface area contributed by atoms with Gasteiger partial charge in [-0.3, -0.25) is 4.79 Å². The number of benzene rings is 1. The first-order chi connectivity index (χ1) is 11.9. The van der Waals surface area contributed by atoms with E-state index in [4.69, 9.17) is 20.8 Å². The van der Waals surface area contributed by atoms with Gasteiger partial charge in [0.05, 0.1) is 6.20 Å². The number of nitrogens with zero attached hydrogens (tertiary/aromatic N) is 2. The number of ether oxygens (including phenoxy) is 1. The Morgan fingerprint density at radius 2 is 2.20 bits per heavy atom. The first kappa shape index (κ1) is 18.0.